The van der Waals surface area contributed by atoms with Crippen molar-refractivity contribution in [1.82, 2.24) is 4.98 Å². The van der Waals surface area contributed by atoms with E-state index in [0.29, 0.717) is 11.8 Å². The van der Waals surface area contributed by atoms with Crippen LogP contribution < -0.4 is 4.74 Å². The molecule has 90 valence electrons. The molecule has 0 fully saturated rings. The van der Waals surface area contributed by atoms with Gasteiger partial charge in [-0.15, -0.1) is 0 Å². The van der Waals surface area contributed by atoms with Gasteiger partial charge in [-0.3, -0.25) is 0 Å². The molecular weight excluding hydrogens is 238 g/mol. The van der Waals surface area contributed by atoms with E-state index in [1.807, 2.05) is 44.9 Å². The standard InChI is InChI=1S/C12H12ClNO.CH2O/c1-3-15-10-5-4-9-6-8(2)12(13)14-11(9)7-10;1-2/h4-7H,3H2,1-2H3;1H2. The van der Waals surface area contributed by atoms with E-state index in [1.54, 1.807) is 0 Å². The van der Waals surface area contributed by atoms with Crippen molar-refractivity contribution < 1.29 is 9.53 Å². The van der Waals surface area contributed by atoms with Gasteiger partial charge in [0.05, 0.1) is 12.1 Å². The molecule has 0 aliphatic rings. The van der Waals surface area contributed by atoms with E-state index < -0.39 is 0 Å². The number of rotatable bonds is 2. The molecule has 2 aromatic rings. The van der Waals surface area contributed by atoms with Gasteiger partial charge in [0.1, 0.15) is 17.7 Å². The first kappa shape index (κ1) is 13.5. The fourth-order valence-corrected chi connectivity index (χ4v) is 1.63. The van der Waals surface area contributed by atoms with E-state index in [2.05, 4.69) is 4.98 Å². The molecule has 1 aromatic carbocycles. The molecule has 0 N–H and O–H groups in total. The van der Waals surface area contributed by atoms with Gasteiger partial charge in [-0.2, -0.15) is 0 Å². The van der Waals surface area contributed by atoms with Crippen LogP contribution in [0.2, 0.25) is 5.15 Å². The summed E-state index contributed by atoms with van der Waals surface area (Å²) in [6.45, 7) is 6.57. The van der Waals surface area contributed by atoms with Crippen molar-refractivity contribution in [2.24, 2.45) is 0 Å². The predicted molar refractivity (Wildman–Crippen MR) is 69.8 cm³/mol. The van der Waals surface area contributed by atoms with Crippen molar-refractivity contribution in [2.45, 2.75) is 13.8 Å². The van der Waals surface area contributed by atoms with Crippen LogP contribution in [-0.4, -0.2) is 18.4 Å². The Bertz CT molecular complexity index is 514. The summed E-state index contributed by atoms with van der Waals surface area (Å²) in [5.41, 5.74) is 1.87. The highest BCUT2D eigenvalue weighted by Crippen LogP contribution is 2.23. The van der Waals surface area contributed by atoms with Gasteiger partial charge in [0, 0.05) is 11.5 Å². The lowest BCUT2D eigenvalue weighted by Crippen LogP contribution is -1.92. The number of carbonyl (C=O) groups is 1. The van der Waals surface area contributed by atoms with E-state index in [1.165, 1.54) is 0 Å². The molecule has 0 radical (unpaired) electrons. The molecule has 0 saturated heterocycles. The SMILES string of the molecule is C=O.CCOc1ccc2cc(C)c(Cl)nc2c1. The zero-order chi connectivity index (χ0) is 12.8. The minimum Gasteiger partial charge on any atom is -0.494 e. The number of ether oxygens (including phenoxy) is 1. The molecule has 3 nitrogen and oxygen atoms in total. The van der Waals surface area contributed by atoms with Crippen molar-refractivity contribution >= 4 is 29.3 Å². The molecule has 0 atom stereocenters. The number of pyridine rings is 1. The zero-order valence-corrected chi connectivity index (χ0v) is 10.6. The molecule has 0 saturated carbocycles. The molecule has 0 bridgehead atoms. The third-order valence-corrected chi connectivity index (χ3v) is 2.61. The van der Waals surface area contributed by atoms with Crippen LogP contribution in [0.4, 0.5) is 0 Å². The van der Waals surface area contributed by atoms with E-state index in [-0.39, 0.29) is 0 Å². The summed E-state index contributed by atoms with van der Waals surface area (Å²) < 4.78 is 5.40. The molecule has 1 aromatic heterocycles. The van der Waals surface area contributed by atoms with Crippen LogP contribution in [0, 0.1) is 6.92 Å². The summed E-state index contributed by atoms with van der Waals surface area (Å²) in [7, 11) is 0. The number of halogens is 1. The van der Waals surface area contributed by atoms with Crippen molar-refractivity contribution in [3.8, 4) is 5.75 Å². The molecule has 0 spiro atoms. The van der Waals surface area contributed by atoms with E-state index in [4.69, 9.17) is 21.1 Å². The molecule has 0 aliphatic carbocycles. The first-order valence-electron chi connectivity index (χ1n) is 5.19. The monoisotopic (exact) mass is 251 g/mol. The largest absolute Gasteiger partial charge is 0.494 e. The number of hydrogen-bond acceptors (Lipinski definition) is 3. The van der Waals surface area contributed by atoms with Crippen LogP contribution in [0.1, 0.15) is 12.5 Å². The number of fused-ring (bicyclic) bond motifs is 1. The number of aromatic nitrogens is 1. The Morgan fingerprint density at radius 2 is 2.06 bits per heavy atom. The Morgan fingerprint density at radius 1 is 1.35 bits per heavy atom. The first-order chi connectivity index (χ1) is 8.20. The smallest absolute Gasteiger partial charge is 0.132 e. The molecule has 2 rings (SSSR count). The van der Waals surface area contributed by atoms with Crippen LogP contribution in [0.25, 0.3) is 10.9 Å². The maximum atomic E-state index is 8.00. The third-order valence-electron chi connectivity index (χ3n) is 2.23. The van der Waals surface area contributed by atoms with Gasteiger partial charge in [0.15, 0.2) is 0 Å². The minimum atomic E-state index is 0.552. The van der Waals surface area contributed by atoms with Gasteiger partial charge in [0.25, 0.3) is 0 Å². The summed E-state index contributed by atoms with van der Waals surface area (Å²) in [5.74, 6) is 0.831. The average Bonchev–Trinajstić information content (AvgIpc) is 2.34. The van der Waals surface area contributed by atoms with Gasteiger partial charge in [-0.05, 0) is 37.6 Å². The maximum Gasteiger partial charge on any atom is 0.132 e. The highest BCUT2D eigenvalue weighted by Gasteiger charge is 2.02. The summed E-state index contributed by atoms with van der Waals surface area (Å²) in [6, 6.07) is 7.88. The number of carbonyl (C=O) groups excluding carboxylic acids is 1. The van der Waals surface area contributed by atoms with E-state index in [0.717, 1.165) is 22.2 Å². The summed E-state index contributed by atoms with van der Waals surface area (Å²) in [4.78, 5) is 12.3. The fourth-order valence-electron chi connectivity index (χ4n) is 1.49. The van der Waals surface area contributed by atoms with Gasteiger partial charge in [-0.1, -0.05) is 11.6 Å². The quantitative estimate of drug-likeness (QED) is 0.768. The van der Waals surface area contributed by atoms with E-state index >= 15 is 0 Å². The zero-order valence-electron chi connectivity index (χ0n) is 9.87. The normalized spacial score (nSPS) is 9.59. The number of nitrogens with zero attached hydrogens (tertiary/aromatic N) is 1. The van der Waals surface area contributed by atoms with Gasteiger partial charge in [-0.25, -0.2) is 4.98 Å². The number of aryl methyl sites for hydroxylation is 1. The highest BCUT2D eigenvalue weighted by molar-refractivity contribution is 6.30. The van der Waals surface area contributed by atoms with Crippen LogP contribution in [0.15, 0.2) is 24.3 Å². The first-order valence-corrected chi connectivity index (χ1v) is 5.57. The second kappa shape index (κ2) is 6.21. The Balaban J connectivity index is 0.000000686. The molecule has 0 aliphatic heterocycles. The van der Waals surface area contributed by atoms with Gasteiger partial charge >= 0.3 is 0 Å². The lowest BCUT2D eigenvalue weighted by Gasteiger charge is -2.05. The summed E-state index contributed by atoms with van der Waals surface area (Å²) >= 11 is 5.97. The lowest BCUT2D eigenvalue weighted by molar-refractivity contribution is -0.0979. The van der Waals surface area contributed by atoms with Crippen LogP contribution in [0.3, 0.4) is 0 Å². The third kappa shape index (κ3) is 3.17. The Labute approximate surface area is 105 Å². The van der Waals surface area contributed by atoms with Crippen molar-refractivity contribution in [3.05, 3.63) is 35.0 Å². The lowest BCUT2D eigenvalue weighted by atomic mass is 10.2. The number of benzene rings is 1. The van der Waals surface area contributed by atoms with Gasteiger partial charge in [0.2, 0.25) is 0 Å². The fraction of sp³-hybridized carbons (Fsp3) is 0.231. The van der Waals surface area contributed by atoms with Crippen LogP contribution in [-0.2, 0) is 4.79 Å². The minimum absolute atomic E-state index is 0.552. The molecule has 0 unspecified atom stereocenters. The van der Waals surface area contributed by atoms with Crippen LogP contribution >= 0.6 is 11.6 Å². The van der Waals surface area contributed by atoms with Crippen LogP contribution in [0.5, 0.6) is 5.75 Å². The Morgan fingerprint density at radius 3 is 2.71 bits per heavy atom. The molecule has 0 amide bonds. The Hall–Kier alpha value is -1.61. The molecule has 1 heterocycles. The highest BCUT2D eigenvalue weighted by atomic mass is 35.5. The number of hydrogen-bond donors (Lipinski definition) is 0. The second-order valence-electron chi connectivity index (χ2n) is 3.38. The summed E-state index contributed by atoms with van der Waals surface area (Å²) in [6.07, 6.45) is 0. The Kier molecular flexibility index (Phi) is 4.91. The van der Waals surface area contributed by atoms with Crippen molar-refractivity contribution in [2.75, 3.05) is 6.61 Å². The average molecular weight is 252 g/mol. The van der Waals surface area contributed by atoms with Crippen molar-refractivity contribution in [1.29, 1.82) is 0 Å². The maximum absolute atomic E-state index is 8.00. The summed E-state index contributed by atoms with van der Waals surface area (Å²) in [5, 5.41) is 1.64. The van der Waals surface area contributed by atoms with Gasteiger partial charge < -0.3 is 9.53 Å². The van der Waals surface area contributed by atoms with Crippen molar-refractivity contribution in [3.63, 3.8) is 0 Å². The molecular formula is C13H14ClNO2. The molecule has 17 heavy (non-hydrogen) atoms. The van der Waals surface area contributed by atoms with E-state index in [9.17, 15) is 0 Å². The second-order valence-corrected chi connectivity index (χ2v) is 3.74. The predicted octanol–water partition coefficient (Wildman–Crippen LogP) is 3.41. The molecule has 4 heteroatoms. The topological polar surface area (TPSA) is 39.2 Å².